The largest absolute Gasteiger partial charge is 0.310 e. The molecular weight excluding hydrogens is 257 g/mol. The third-order valence-corrected chi connectivity index (χ3v) is 3.72. The smallest absolute Gasteiger partial charge is 0.137 e. The van der Waals surface area contributed by atoms with E-state index in [1.165, 1.54) is 12.8 Å². The molecule has 1 aromatic rings. The summed E-state index contributed by atoms with van der Waals surface area (Å²) in [4.78, 5) is 0. The summed E-state index contributed by atoms with van der Waals surface area (Å²) in [5.74, 6) is -0.155. The molecule has 0 bridgehead atoms. The minimum atomic E-state index is -0.155. The predicted molar refractivity (Wildman–Crippen MR) is 63.4 cm³/mol. The van der Waals surface area contributed by atoms with E-state index in [1.54, 1.807) is 6.07 Å². The molecule has 1 atom stereocenters. The first-order valence-corrected chi connectivity index (χ1v) is 6.16. The lowest BCUT2D eigenvalue weighted by atomic mass is 9.96. The Bertz CT molecular complexity index is 359. The lowest BCUT2D eigenvalue weighted by molar-refractivity contribution is 0.409. The van der Waals surface area contributed by atoms with Gasteiger partial charge in [-0.05, 0) is 59.4 Å². The van der Waals surface area contributed by atoms with Crippen LogP contribution in [0.15, 0.2) is 16.6 Å². The van der Waals surface area contributed by atoms with Crippen LogP contribution in [0.25, 0.3) is 0 Å². The van der Waals surface area contributed by atoms with Crippen molar-refractivity contribution in [2.24, 2.45) is 0 Å². The average Bonchev–Trinajstić information content (AvgIpc) is 2.24. The van der Waals surface area contributed by atoms with E-state index in [0.717, 1.165) is 24.1 Å². The zero-order valence-electron chi connectivity index (χ0n) is 8.82. The molecular formula is C12H15BrFN. The summed E-state index contributed by atoms with van der Waals surface area (Å²) in [5.41, 5.74) is 2.05. The lowest BCUT2D eigenvalue weighted by Crippen LogP contribution is -2.27. The summed E-state index contributed by atoms with van der Waals surface area (Å²) in [5, 5.41) is 3.43. The highest BCUT2D eigenvalue weighted by Gasteiger charge is 2.19. The normalized spacial score (nSPS) is 21.7. The second-order valence-corrected chi connectivity index (χ2v) is 4.95. The van der Waals surface area contributed by atoms with Crippen LogP contribution in [0, 0.1) is 12.7 Å². The fourth-order valence-electron chi connectivity index (χ4n) is 2.12. The first kappa shape index (κ1) is 11.1. The lowest BCUT2D eigenvalue weighted by Gasteiger charge is -2.25. The van der Waals surface area contributed by atoms with Crippen LogP contribution in [0.5, 0.6) is 0 Å². The Morgan fingerprint density at radius 3 is 2.87 bits per heavy atom. The molecule has 1 saturated heterocycles. The van der Waals surface area contributed by atoms with Gasteiger partial charge in [-0.3, -0.25) is 0 Å². The van der Waals surface area contributed by atoms with Gasteiger partial charge in [0.1, 0.15) is 5.82 Å². The van der Waals surface area contributed by atoms with Crippen LogP contribution in [0.3, 0.4) is 0 Å². The molecule has 0 saturated carbocycles. The van der Waals surface area contributed by atoms with Crippen LogP contribution in [0.4, 0.5) is 4.39 Å². The molecule has 0 radical (unpaired) electrons. The van der Waals surface area contributed by atoms with Gasteiger partial charge in [-0.25, -0.2) is 4.39 Å². The monoisotopic (exact) mass is 271 g/mol. The van der Waals surface area contributed by atoms with Crippen molar-refractivity contribution in [1.29, 1.82) is 0 Å². The van der Waals surface area contributed by atoms with Gasteiger partial charge in [0, 0.05) is 6.04 Å². The van der Waals surface area contributed by atoms with E-state index in [-0.39, 0.29) is 5.82 Å². The standard InChI is InChI=1S/C12H15BrFN/c1-8-6-9(12(13)10(14)7-8)11-4-2-3-5-15-11/h6-7,11,15H,2-5H2,1H3. The topological polar surface area (TPSA) is 12.0 Å². The van der Waals surface area contributed by atoms with E-state index in [0.29, 0.717) is 10.5 Å². The van der Waals surface area contributed by atoms with Crippen LogP contribution in [-0.4, -0.2) is 6.54 Å². The SMILES string of the molecule is Cc1cc(F)c(Br)c(C2CCCCN2)c1. The summed E-state index contributed by atoms with van der Waals surface area (Å²) >= 11 is 3.33. The van der Waals surface area contributed by atoms with E-state index < -0.39 is 0 Å². The van der Waals surface area contributed by atoms with Gasteiger partial charge < -0.3 is 5.32 Å². The fourth-order valence-corrected chi connectivity index (χ4v) is 2.63. The Hall–Kier alpha value is -0.410. The number of halogens is 2. The van der Waals surface area contributed by atoms with E-state index in [2.05, 4.69) is 27.3 Å². The summed E-state index contributed by atoms with van der Waals surface area (Å²) < 4.78 is 14.1. The molecule has 1 nitrogen and oxygen atoms in total. The van der Waals surface area contributed by atoms with E-state index in [1.807, 2.05) is 6.92 Å². The van der Waals surface area contributed by atoms with Gasteiger partial charge in [0.2, 0.25) is 0 Å². The fraction of sp³-hybridized carbons (Fsp3) is 0.500. The Labute approximate surface area is 98.2 Å². The van der Waals surface area contributed by atoms with Crippen molar-refractivity contribution in [2.45, 2.75) is 32.2 Å². The molecule has 1 unspecified atom stereocenters. The molecule has 0 aliphatic carbocycles. The van der Waals surface area contributed by atoms with Crippen molar-refractivity contribution >= 4 is 15.9 Å². The molecule has 3 heteroatoms. The summed E-state index contributed by atoms with van der Waals surface area (Å²) in [6.45, 7) is 2.97. The number of benzene rings is 1. The zero-order chi connectivity index (χ0) is 10.8. The molecule has 1 aliphatic heterocycles. The van der Waals surface area contributed by atoms with Gasteiger partial charge in [-0.2, -0.15) is 0 Å². The Kier molecular flexibility index (Phi) is 3.42. The van der Waals surface area contributed by atoms with Crippen LogP contribution in [-0.2, 0) is 0 Å². The molecule has 1 aliphatic rings. The van der Waals surface area contributed by atoms with Gasteiger partial charge in [-0.1, -0.05) is 12.5 Å². The predicted octanol–water partition coefficient (Wildman–Crippen LogP) is 3.71. The maximum Gasteiger partial charge on any atom is 0.137 e. The second kappa shape index (κ2) is 4.62. The Morgan fingerprint density at radius 2 is 2.20 bits per heavy atom. The first-order chi connectivity index (χ1) is 7.18. The van der Waals surface area contributed by atoms with E-state index in [4.69, 9.17) is 0 Å². The molecule has 1 heterocycles. The number of rotatable bonds is 1. The second-order valence-electron chi connectivity index (χ2n) is 4.15. The highest BCUT2D eigenvalue weighted by molar-refractivity contribution is 9.10. The van der Waals surface area contributed by atoms with Crippen molar-refractivity contribution in [3.8, 4) is 0 Å². The molecule has 82 valence electrons. The van der Waals surface area contributed by atoms with Crippen molar-refractivity contribution in [1.82, 2.24) is 5.32 Å². The van der Waals surface area contributed by atoms with Crippen molar-refractivity contribution < 1.29 is 4.39 Å². The summed E-state index contributed by atoms with van der Waals surface area (Å²) in [6, 6.07) is 3.94. The maximum absolute atomic E-state index is 13.5. The van der Waals surface area contributed by atoms with Crippen LogP contribution in [0.2, 0.25) is 0 Å². The van der Waals surface area contributed by atoms with Crippen molar-refractivity contribution in [3.05, 3.63) is 33.5 Å². The molecule has 2 rings (SSSR count). The van der Waals surface area contributed by atoms with Crippen molar-refractivity contribution in [2.75, 3.05) is 6.54 Å². The highest BCUT2D eigenvalue weighted by atomic mass is 79.9. The first-order valence-electron chi connectivity index (χ1n) is 5.37. The number of hydrogen-bond donors (Lipinski definition) is 1. The van der Waals surface area contributed by atoms with Gasteiger partial charge in [0.25, 0.3) is 0 Å². The maximum atomic E-state index is 13.5. The molecule has 0 aromatic heterocycles. The third-order valence-electron chi connectivity index (χ3n) is 2.89. The molecule has 0 amide bonds. The number of aryl methyl sites for hydroxylation is 1. The molecule has 1 N–H and O–H groups in total. The highest BCUT2D eigenvalue weighted by Crippen LogP contribution is 2.31. The zero-order valence-corrected chi connectivity index (χ0v) is 10.4. The van der Waals surface area contributed by atoms with Gasteiger partial charge in [-0.15, -0.1) is 0 Å². The Balaban J connectivity index is 2.33. The van der Waals surface area contributed by atoms with E-state index >= 15 is 0 Å². The van der Waals surface area contributed by atoms with Gasteiger partial charge in [0.15, 0.2) is 0 Å². The average molecular weight is 272 g/mol. The van der Waals surface area contributed by atoms with Gasteiger partial charge in [0.05, 0.1) is 4.47 Å². The van der Waals surface area contributed by atoms with Crippen LogP contribution in [0.1, 0.15) is 36.4 Å². The van der Waals surface area contributed by atoms with Crippen LogP contribution < -0.4 is 5.32 Å². The van der Waals surface area contributed by atoms with E-state index in [9.17, 15) is 4.39 Å². The van der Waals surface area contributed by atoms with Crippen molar-refractivity contribution in [3.63, 3.8) is 0 Å². The number of piperidine rings is 1. The molecule has 15 heavy (non-hydrogen) atoms. The quantitative estimate of drug-likeness (QED) is 0.821. The molecule has 0 spiro atoms. The number of nitrogens with one attached hydrogen (secondary N) is 1. The summed E-state index contributed by atoms with van der Waals surface area (Å²) in [6.07, 6.45) is 3.55. The van der Waals surface area contributed by atoms with Gasteiger partial charge >= 0.3 is 0 Å². The number of hydrogen-bond acceptors (Lipinski definition) is 1. The van der Waals surface area contributed by atoms with Crippen LogP contribution >= 0.6 is 15.9 Å². The minimum absolute atomic E-state index is 0.155. The minimum Gasteiger partial charge on any atom is -0.310 e. The molecule has 1 aromatic carbocycles. The Morgan fingerprint density at radius 1 is 1.40 bits per heavy atom. The molecule has 1 fully saturated rings. The summed E-state index contributed by atoms with van der Waals surface area (Å²) in [7, 11) is 0. The third kappa shape index (κ3) is 2.40.